The van der Waals surface area contributed by atoms with Gasteiger partial charge in [0.15, 0.2) is 0 Å². The molecule has 20 heavy (non-hydrogen) atoms. The third-order valence-corrected chi connectivity index (χ3v) is 5.73. The van der Waals surface area contributed by atoms with Crippen LogP contribution in [0.4, 0.5) is 0 Å². The van der Waals surface area contributed by atoms with Crippen LogP contribution in [0.1, 0.15) is 52.9 Å². The van der Waals surface area contributed by atoms with Gasteiger partial charge < -0.3 is 5.32 Å². The average Bonchev–Trinajstić information content (AvgIpc) is 2.87. The standard InChI is InChI=1S/C14H31N3O2S/c1-12(2)15-10-7-11-17(4)20(18,19)16-13(3)14-8-5-6-9-14/h12-16H,5-11H2,1-4H3. The fraction of sp³-hybridized carbons (Fsp3) is 1.00. The Morgan fingerprint density at radius 3 is 2.35 bits per heavy atom. The third-order valence-electron chi connectivity index (χ3n) is 4.05. The molecule has 5 nitrogen and oxygen atoms in total. The fourth-order valence-electron chi connectivity index (χ4n) is 2.69. The molecule has 1 fully saturated rings. The van der Waals surface area contributed by atoms with Gasteiger partial charge in [-0.05, 0) is 38.6 Å². The first-order valence-electron chi connectivity index (χ1n) is 7.80. The van der Waals surface area contributed by atoms with E-state index in [0.717, 1.165) is 25.8 Å². The van der Waals surface area contributed by atoms with Gasteiger partial charge >= 0.3 is 0 Å². The molecule has 0 aromatic heterocycles. The molecule has 1 aliphatic rings. The molecule has 0 radical (unpaired) electrons. The van der Waals surface area contributed by atoms with Crippen molar-refractivity contribution in [1.82, 2.24) is 14.3 Å². The Morgan fingerprint density at radius 1 is 1.20 bits per heavy atom. The molecule has 1 unspecified atom stereocenters. The van der Waals surface area contributed by atoms with E-state index in [0.29, 0.717) is 18.5 Å². The Kier molecular flexibility index (Phi) is 7.43. The van der Waals surface area contributed by atoms with Gasteiger partial charge in [0.05, 0.1) is 0 Å². The molecule has 120 valence electrons. The minimum Gasteiger partial charge on any atom is -0.314 e. The quantitative estimate of drug-likeness (QED) is 0.638. The van der Waals surface area contributed by atoms with Crippen LogP contribution in [0.3, 0.4) is 0 Å². The van der Waals surface area contributed by atoms with E-state index < -0.39 is 10.2 Å². The van der Waals surface area contributed by atoms with E-state index in [1.54, 1.807) is 7.05 Å². The average molecular weight is 305 g/mol. The Bertz CT molecular complexity index is 365. The molecule has 0 spiro atoms. The highest BCUT2D eigenvalue weighted by molar-refractivity contribution is 7.87. The lowest BCUT2D eigenvalue weighted by molar-refractivity contribution is 0.393. The largest absolute Gasteiger partial charge is 0.314 e. The summed E-state index contributed by atoms with van der Waals surface area (Å²) in [7, 11) is -1.69. The van der Waals surface area contributed by atoms with Crippen molar-refractivity contribution in [3.8, 4) is 0 Å². The van der Waals surface area contributed by atoms with Crippen LogP contribution in [-0.2, 0) is 10.2 Å². The first-order valence-corrected chi connectivity index (χ1v) is 9.24. The van der Waals surface area contributed by atoms with Crippen LogP contribution < -0.4 is 10.0 Å². The Hall–Kier alpha value is -0.170. The molecule has 1 saturated carbocycles. The zero-order valence-electron chi connectivity index (χ0n) is 13.4. The maximum Gasteiger partial charge on any atom is 0.279 e. The predicted molar refractivity (Wildman–Crippen MR) is 83.9 cm³/mol. The molecular weight excluding hydrogens is 274 g/mol. The first-order chi connectivity index (χ1) is 9.33. The Balaban J connectivity index is 2.34. The van der Waals surface area contributed by atoms with Crippen molar-refractivity contribution < 1.29 is 8.42 Å². The maximum atomic E-state index is 12.2. The summed E-state index contributed by atoms with van der Waals surface area (Å²) < 4.78 is 28.7. The smallest absolute Gasteiger partial charge is 0.279 e. The van der Waals surface area contributed by atoms with Crippen LogP contribution in [-0.4, -0.2) is 44.9 Å². The topological polar surface area (TPSA) is 61.4 Å². The minimum absolute atomic E-state index is 0.0405. The molecule has 0 aliphatic heterocycles. The fourth-order valence-corrected chi connectivity index (χ4v) is 3.90. The van der Waals surface area contributed by atoms with Gasteiger partial charge in [-0.2, -0.15) is 17.4 Å². The van der Waals surface area contributed by atoms with Gasteiger partial charge in [-0.15, -0.1) is 0 Å². The van der Waals surface area contributed by atoms with Crippen LogP contribution in [0.25, 0.3) is 0 Å². The van der Waals surface area contributed by atoms with Crippen molar-refractivity contribution in [1.29, 1.82) is 0 Å². The summed E-state index contributed by atoms with van der Waals surface area (Å²) in [5.41, 5.74) is 0. The highest BCUT2D eigenvalue weighted by Crippen LogP contribution is 2.27. The number of hydrogen-bond donors (Lipinski definition) is 2. The molecule has 0 amide bonds. The Morgan fingerprint density at radius 2 is 1.80 bits per heavy atom. The summed E-state index contributed by atoms with van der Waals surface area (Å²) in [6.45, 7) is 7.56. The van der Waals surface area contributed by atoms with E-state index >= 15 is 0 Å². The monoisotopic (exact) mass is 305 g/mol. The van der Waals surface area contributed by atoms with Gasteiger partial charge in [0.2, 0.25) is 0 Å². The summed E-state index contributed by atoms with van der Waals surface area (Å²) in [5.74, 6) is 0.501. The van der Waals surface area contributed by atoms with Crippen molar-refractivity contribution in [3.63, 3.8) is 0 Å². The van der Waals surface area contributed by atoms with Gasteiger partial charge in [-0.3, -0.25) is 0 Å². The summed E-state index contributed by atoms with van der Waals surface area (Å²) in [4.78, 5) is 0. The number of rotatable bonds is 9. The number of nitrogens with zero attached hydrogens (tertiary/aromatic N) is 1. The normalized spacial score (nSPS) is 19.1. The van der Waals surface area contributed by atoms with Crippen molar-refractivity contribution in [2.45, 2.75) is 65.0 Å². The molecular formula is C14H31N3O2S. The van der Waals surface area contributed by atoms with E-state index in [4.69, 9.17) is 0 Å². The lowest BCUT2D eigenvalue weighted by atomic mass is 10.0. The van der Waals surface area contributed by atoms with Crippen LogP contribution >= 0.6 is 0 Å². The van der Waals surface area contributed by atoms with E-state index in [9.17, 15) is 8.42 Å². The highest BCUT2D eigenvalue weighted by Gasteiger charge is 2.27. The molecule has 0 aromatic carbocycles. The predicted octanol–water partition coefficient (Wildman–Crippen LogP) is 1.72. The van der Waals surface area contributed by atoms with E-state index in [1.807, 2.05) is 6.92 Å². The van der Waals surface area contributed by atoms with Crippen LogP contribution in [0.5, 0.6) is 0 Å². The van der Waals surface area contributed by atoms with Gasteiger partial charge in [0, 0.05) is 25.7 Å². The second kappa shape index (κ2) is 8.32. The van der Waals surface area contributed by atoms with E-state index in [-0.39, 0.29) is 6.04 Å². The second-order valence-corrected chi connectivity index (χ2v) is 8.05. The lowest BCUT2D eigenvalue weighted by Gasteiger charge is -2.24. The SMILES string of the molecule is CC(C)NCCCN(C)S(=O)(=O)NC(C)C1CCCC1. The molecule has 0 heterocycles. The molecule has 2 N–H and O–H groups in total. The summed E-state index contributed by atoms with van der Waals surface area (Å²) in [6, 6.07) is 0.483. The van der Waals surface area contributed by atoms with E-state index in [1.165, 1.54) is 17.1 Å². The number of hydrogen-bond acceptors (Lipinski definition) is 3. The minimum atomic E-state index is -3.34. The molecule has 1 rings (SSSR count). The van der Waals surface area contributed by atoms with Gasteiger partial charge in [0.1, 0.15) is 0 Å². The van der Waals surface area contributed by atoms with Crippen molar-refractivity contribution >= 4 is 10.2 Å². The van der Waals surface area contributed by atoms with E-state index in [2.05, 4.69) is 23.9 Å². The zero-order chi connectivity index (χ0) is 15.2. The zero-order valence-corrected chi connectivity index (χ0v) is 14.2. The van der Waals surface area contributed by atoms with Crippen molar-refractivity contribution in [3.05, 3.63) is 0 Å². The molecule has 0 bridgehead atoms. The van der Waals surface area contributed by atoms with Gasteiger partial charge in [-0.1, -0.05) is 26.7 Å². The molecule has 1 aliphatic carbocycles. The highest BCUT2D eigenvalue weighted by atomic mass is 32.2. The molecule has 0 saturated heterocycles. The Labute approximate surface area is 124 Å². The summed E-state index contributed by atoms with van der Waals surface area (Å²) in [5, 5.41) is 3.30. The second-order valence-electron chi connectivity index (χ2n) is 6.24. The van der Waals surface area contributed by atoms with Gasteiger partial charge in [0.25, 0.3) is 10.2 Å². The van der Waals surface area contributed by atoms with Crippen molar-refractivity contribution in [2.24, 2.45) is 5.92 Å². The molecule has 6 heteroatoms. The summed E-state index contributed by atoms with van der Waals surface area (Å²) in [6.07, 6.45) is 5.58. The molecule has 0 aromatic rings. The summed E-state index contributed by atoms with van der Waals surface area (Å²) >= 11 is 0. The first kappa shape index (κ1) is 17.9. The van der Waals surface area contributed by atoms with Gasteiger partial charge in [-0.25, -0.2) is 0 Å². The van der Waals surface area contributed by atoms with Crippen molar-refractivity contribution in [2.75, 3.05) is 20.1 Å². The lowest BCUT2D eigenvalue weighted by Crippen LogP contribution is -2.45. The van der Waals surface area contributed by atoms with Crippen LogP contribution in [0.15, 0.2) is 0 Å². The van der Waals surface area contributed by atoms with Crippen LogP contribution in [0, 0.1) is 5.92 Å². The maximum absolute atomic E-state index is 12.2. The number of nitrogens with one attached hydrogen (secondary N) is 2. The molecule has 1 atom stereocenters. The third kappa shape index (κ3) is 6.08. The van der Waals surface area contributed by atoms with Crippen LogP contribution in [0.2, 0.25) is 0 Å².